The van der Waals surface area contributed by atoms with E-state index in [0.29, 0.717) is 17.6 Å². The lowest BCUT2D eigenvalue weighted by molar-refractivity contribution is 0.583. The van der Waals surface area contributed by atoms with Crippen LogP contribution in [0.3, 0.4) is 0 Å². The lowest BCUT2D eigenvalue weighted by Gasteiger charge is -2.11. The molecule has 1 aromatic carbocycles. The monoisotopic (exact) mass is 449 g/mol. The minimum Gasteiger partial charge on any atom is -0.398 e. The molecule has 2 heterocycles. The number of allylic oxidation sites excluding steroid dienone is 1. The molecule has 0 aliphatic heterocycles. The van der Waals surface area contributed by atoms with Crippen LogP contribution in [0.1, 0.15) is 31.2 Å². The van der Waals surface area contributed by atoms with E-state index in [9.17, 15) is 0 Å². The van der Waals surface area contributed by atoms with E-state index >= 15 is 0 Å². The number of benzene rings is 1. The Morgan fingerprint density at radius 1 is 1.24 bits per heavy atom. The maximum absolute atomic E-state index is 6.49. The fourth-order valence-electron chi connectivity index (χ4n) is 3.76. The van der Waals surface area contributed by atoms with Crippen LogP contribution in [0.15, 0.2) is 76.6 Å². The van der Waals surface area contributed by atoms with E-state index in [0.717, 1.165) is 26.8 Å². The number of pyridine rings is 1. The zero-order valence-corrected chi connectivity index (χ0v) is 17.8. The Hall–Kier alpha value is -2.86. The van der Waals surface area contributed by atoms with Crippen LogP contribution in [0.25, 0.3) is 22.5 Å². The number of nitrogens with zero attached hydrogens (tertiary/aromatic N) is 3. The Bertz CT molecular complexity index is 1090. The van der Waals surface area contributed by atoms with Crippen LogP contribution in [0.5, 0.6) is 0 Å². The summed E-state index contributed by atoms with van der Waals surface area (Å²) in [4.78, 5) is 4.41. The molecule has 1 saturated carbocycles. The quantitative estimate of drug-likeness (QED) is 0.512. The predicted molar refractivity (Wildman–Crippen MR) is 124 cm³/mol. The largest absolute Gasteiger partial charge is 0.398 e. The molecule has 4 rings (SSSR count). The summed E-state index contributed by atoms with van der Waals surface area (Å²) in [6.07, 6.45) is 10.4. The minimum atomic E-state index is 0.490. The smallest absolute Gasteiger partial charge is 0.118 e. The third-order valence-electron chi connectivity index (χ3n) is 5.14. The van der Waals surface area contributed by atoms with Gasteiger partial charge in [-0.2, -0.15) is 5.10 Å². The number of aromatic nitrogens is 2. The summed E-state index contributed by atoms with van der Waals surface area (Å²) in [6, 6.07) is 14.5. The molecule has 6 heteroatoms. The van der Waals surface area contributed by atoms with E-state index in [4.69, 9.17) is 10.8 Å². The highest BCUT2D eigenvalue weighted by Crippen LogP contribution is 2.31. The second-order valence-corrected chi connectivity index (χ2v) is 8.15. The molecule has 3 aromatic rings. The molecule has 0 amide bonds. The lowest BCUT2D eigenvalue weighted by atomic mass is 10.0. The van der Waals surface area contributed by atoms with Crippen LogP contribution in [0.2, 0.25) is 0 Å². The third-order valence-corrected chi connectivity index (χ3v) is 5.63. The SMILES string of the molecule is C=C(N=C/C=C(\N)c1c(-c2cccc(Br)c2)nn2ccccc12)NC1CCCC1. The number of hydrogen-bond donors (Lipinski definition) is 2. The van der Waals surface area contributed by atoms with Gasteiger partial charge in [0.2, 0.25) is 0 Å². The van der Waals surface area contributed by atoms with Crippen molar-refractivity contribution in [3.63, 3.8) is 0 Å². The second kappa shape index (κ2) is 8.66. The molecule has 0 spiro atoms. The number of nitrogens with one attached hydrogen (secondary N) is 1. The summed E-state index contributed by atoms with van der Waals surface area (Å²) in [7, 11) is 0. The van der Waals surface area contributed by atoms with E-state index < -0.39 is 0 Å². The molecule has 0 saturated heterocycles. The van der Waals surface area contributed by atoms with Gasteiger partial charge in [-0.25, -0.2) is 9.51 Å². The normalized spacial score (nSPS) is 15.4. The molecule has 5 nitrogen and oxygen atoms in total. The van der Waals surface area contributed by atoms with Crippen molar-refractivity contribution in [1.82, 2.24) is 14.9 Å². The molecule has 29 heavy (non-hydrogen) atoms. The molecule has 0 radical (unpaired) electrons. The van der Waals surface area contributed by atoms with Crippen molar-refractivity contribution in [1.29, 1.82) is 0 Å². The predicted octanol–water partition coefficient (Wildman–Crippen LogP) is 5.14. The van der Waals surface area contributed by atoms with Crippen molar-refractivity contribution in [3.05, 3.63) is 77.2 Å². The van der Waals surface area contributed by atoms with Gasteiger partial charge in [0.25, 0.3) is 0 Å². The van der Waals surface area contributed by atoms with Gasteiger partial charge < -0.3 is 11.1 Å². The number of nitrogens with two attached hydrogens (primary N) is 1. The Morgan fingerprint density at radius 2 is 2.07 bits per heavy atom. The standard InChI is InChI=1S/C23H24BrN5/c1-16(27-19-9-2-3-10-19)26-13-12-20(25)22-21-11-4-5-14-29(21)28-23(22)17-7-6-8-18(24)15-17/h4-8,11-15,19,27H,1-3,9-10,25H2/b20-12-,26-13?. The number of halogens is 1. The average molecular weight is 450 g/mol. The van der Waals surface area contributed by atoms with Crippen molar-refractivity contribution < 1.29 is 0 Å². The molecule has 0 unspecified atom stereocenters. The van der Waals surface area contributed by atoms with E-state index in [1.165, 1.54) is 25.7 Å². The van der Waals surface area contributed by atoms with Crippen molar-refractivity contribution in [2.24, 2.45) is 10.7 Å². The Labute approximate surface area is 179 Å². The molecule has 3 N–H and O–H groups in total. The van der Waals surface area contributed by atoms with Crippen LogP contribution in [-0.4, -0.2) is 21.9 Å². The first-order valence-corrected chi connectivity index (χ1v) is 10.6. The number of fused-ring (bicyclic) bond motifs is 1. The summed E-state index contributed by atoms with van der Waals surface area (Å²) in [6.45, 7) is 4.00. The fraction of sp³-hybridized carbons (Fsp3) is 0.217. The fourth-order valence-corrected chi connectivity index (χ4v) is 4.15. The first-order chi connectivity index (χ1) is 14.1. The summed E-state index contributed by atoms with van der Waals surface area (Å²) in [5.74, 6) is 0.674. The van der Waals surface area contributed by atoms with Crippen LogP contribution in [0.4, 0.5) is 0 Å². The minimum absolute atomic E-state index is 0.490. The Balaban J connectivity index is 1.64. The summed E-state index contributed by atoms with van der Waals surface area (Å²) in [5.41, 5.74) is 10.8. The van der Waals surface area contributed by atoms with Gasteiger partial charge in [0, 0.05) is 34.2 Å². The zero-order valence-electron chi connectivity index (χ0n) is 16.2. The summed E-state index contributed by atoms with van der Waals surface area (Å²) in [5, 5.41) is 8.13. The molecular weight excluding hydrogens is 426 g/mol. The topological polar surface area (TPSA) is 67.7 Å². The van der Waals surface area contributed by atoms with Crippen molar-refractivity contribution in [2.75, 3.05) is 0 Å². The Kier molecular flexibility index (Phi) is 5.81. The first kappa shape index (κ1) is 19.5. The highest BCUT2D eigenvalue weighted by molar-refractivity contribution is 9.10. The van der Waals surface area contributed by atoms with Crippen molar-refractivity contribution >= 4 is 33.4 Å². The average Bonchev–Trinajstić information content (AvgIpc) is 3.35. The van der Waals surface area contributed by atoms with Gasteiger partial charge in [-0.05, 0) is 43.2 Å². The van der Waals surface area contributed by atoms with Gasteiger partial charge in [0.05, 0.1) is 11.1 Å². The molecule has 1 aliphatic carbocycles. The highest BCUT2D eigenvalue weighted by atomic mass is 79.9. The van der Waals surface area contributed by atoms with Crippen LogP contribution in [0, 0.1) is 0 Å². The molecule has 1 fully saturated rings. The molecular formula is C23H24BrN5. The number of aliphatic imine (C=N–C) groups is 1. The van der Waals surface area contributed by atoms with Gasteiger partial charge in [-0.3, -0.25) is 0 Å². The van der Waals surface area contributed by atoms with Crippen molar-refractivity contribution in [3.8, 4) is 11.3 Å². The highest BCUT2D eigenvalue weighted by Gasteiger charge is 2.17. The van der Waals surface area contributed by atoms with Gasteiger partial charge in [-0.1, -0.05) is 53.5 Å². The van der Waals surface area contributed by atoms with Crippen LogP contribution < -0.4 is 11.1 Å². The van der Waals surface area contributed by atoms with Gasteiger partial charge in [-0.15, -0.1) is 0 Å². The van der Waals surface area contributed by atoms with Crippen LogP contribution in [-0.2, 0) is 0 Å². The molecule has 0 bridgehead atoms. The van der Waals surface area contributed by atoms with E-state index in [1.54, 1.807) is 6.21 Å². The molecule has 0 atom stereocenters. The van der Waals surface area contributed by atoms with Crippen molar-refractivity contribution in [2.45, 2.75) is 31.7 Å². The van der Waals surface area contributed by atoms with E-state index in [1.807, 2.05) is 59.3 Å². The summed E-state index contributed by atoms with van der Waals surface area (Å²) < 4.78 is 2.85. The molecule has 1 aliphatic rings. The van der Waals surface area contributed by atoms with E-state index in [2.05, 4.69) is 32.8 Å². The number of rotatable bonds is 6. The molecule has 148 valence electrons. The van der Waals surface area contributed by atoms with Gasteiger partial charge >= 0.3 is 0 Å². The van der Waals surface area contributed by atoms with E-state index in [-0.39, 0.29) is 0 Å². The maximum Gasteiger partial charge on any atom is 0.118 e. The second-order valence-electron chi connectivity index (χ2n) is 7.24. The third kappa shape index (κ3) is 4.43. The summed E-state index contributed by atoms with van der Waals surface area (Å²) >= 11 is 3.54. The van der Waals surface area contributed by atoms with Gasteiger partial charge in [0.15, 0.2) is 0 Å². The first-order valence-electron chi connectivity index (χ1n) is 9.81. The number of hydrogen-bond acceptors (Lipinski definition) is 4. The van der Waals surface area contributed by atoms with Gasteiger partial charge in [0.1, 0.15) is 11.5 Å². The lowest BCUT2D eigenvalue weighted by Crippen LogP contribution is -2.23. The van der Waals surface area contributed by atoms with Crippen LogP contribution >= 0.6 is 15.9 Å². The Morgan fingerprint density at radius 3 is 2.86 bits per heavy atom. The molecule has 2 aromatic heterocycles. The maximum atomic E-state index is 6.49. The zero-order chi connectivity index (χ0) is 20.2.